The van der Waals surface area contributed by atoms with E-state index in [2.05, 4.69) is 15.7 Å². The lowest BCUT2D eigenvalue weighted by Crippen LogP contribution is -2.35. The van der Waals surface area contributed by atoms with Gasteiger partial charge in [-0.1, -0.05) is 35.3 Å². The number of nitrogens with one attached hydrogen (secondary N) is 2. The number of nitrogens with zero attached hydrogens (tertiary/aromatic N) is 2. The van der Waals surface area contributed by atoms with Crippen molar-refractivity contribution in [2.75, 3.05) is 17.7 Å². The van der Waals surface area contributed by atoms with E-state index in [1.165, 1.54) is 11.8 Å². The van der Waals surface area contributed by atoms with Gasteiger partial charge in [-0.2, -0.15) is 5.10 Å². The number of methoxy groups -OCH3 is 1. The quantitative estimate of drug-likeness (QED) is 0.642. The SMILES string of the molecule is COc1ccc(Cl)c(NC(=O)C2CC(=O)Nc3c(-c4ccc(Cl)cc4)cnn32)c1. The minimum Gasteiger partial charge on any atom is -0.497 e. The molecule has 1 aromatic heterocycles. The highest BCUT2D eigenvalue weighted by Crippen LogP contribution is 2.35. The van der Waals surface area contributed by atoms with Crippen LogP contribution in [0.4, 0.5) is 11.5 Å². The number of amides is 2. The second-order valence-electron chi connectivity index (χ2n) is 6.46. The van der Waals surface area contributed by atoms with Crippen LogP contribution < -0.4 is 15.4 Å². The zero-order valence-electron chi connectivity index (χ0n) is 15.3. The van der Waals surface area contributed by atoms with Crippen LogP contribution in [0.25, 0.3) is 11.1 Å². The maximum atomic E-state index is 12.9. The van der Waals surface area contributed by atoms with Crippen molar-refractivity contribution in [3.63, 3.8) is 0 Å². The van der Waals surface area contributed by atoms with Gasteiger partial charge in [-0.15, -0.1) is 0 Å². The van der Waals surface area contributed by atoms with Crippen LogP contribution in [0.5, 0.6) is 5.75 Å². The Hall–Kier alpha value is -3.03. The van der Waals surface area contributed by atoms with Gasteiger partial charge in [0.15, 0.2) is 0 Å². The highest BCUT2D eigenvalue weighted by atomic mass is 35.5. The second-order valence-corrected chi connectivity index (χ2v) is 7.31. The summed E-state index contributed by atoms with van der Waals surface area (Å²) in [7, 11) is 1.52. The zero-order valence-corrected chi connectivity index (χ0v) is 16.8. The molecule has 2 amide bonds. The fourth-order valence-electron chi connectivity index (χ4n) is 3.16. The van der Waals surface area contributed by atoms with Crippen LogP contribution >= 0.6 is 23.2 Å². The highest BCUT2D eigenvalue weighted by molar-refractivity contribution is 6.33. The lowest BCUT2D eigenvalue weighted by atomic mass is 10.1. The van der Waals surface area contributed by atoms with Crippen LogP contribution in [0.15, 0.2) is 48.7 Å². The summed E-state index contributed by atoms with van der Waals surface area (Å²) in [4.78, 5) is 25.2. The molecule has 1 aliphatic rings. The first kappa shape index (κ1) is 19.3. The number of fused-ring (bicyclic) bond motifs is 1. The third-order valence-corrected chi connectivity index (χ3v) is 5.20. The molecule has 2 heterocycles. The van der Waals surface area contributed by atoms with Crippen molar-refractivity contribution in [1.29, 1.82) is 0 Å². The molecule has 1 aliphatic heterocycles. The van der Waals surface area contributed by atoms with E-state index >= 15 is 0 Å². The Morgan fingerprint density at radius 2 is 2.00 bits per heavy atom. The Morgan fingerprint density at radius 1 is 1.24 bits per heavy atom. The van der Waals surface area contributed by atoms with Crippen LogP contribution in [0.1, 0.15) is 12.5 Å². The monoisotopic (exact) mass is 430 g/mol. The van der Waals surface area contributed by atoms with Crippen molar-refractivity contribution in [1.82, 2.24) is 9.78 Å². The Bertz CT molecular complexity index is 1100. The summed E-state index contributed by atoms with van der Waals surface area (Å²) >= 11 is 12.1. The molecule has 2 N–H and O–H groups in total. The molecule has 0 saturated heterocycles. The predicted molar refractivity (Wildman–Crippen MR) is 112 cm³/mol. The minimum absolute atomic E-state index is 0.0395. The summed E-state index contributed by atoms with van der Waals surface area (Å²) in [5, 5.41) is 10.9. The average Bonchev–Trinajstić information content (AvgIpc) is 3.13. The predicted octanol–water partition coefficient (Wildman–Crippen LogP) is 4.39. The molecule has 2 aromatic carbocycles. The first-order valence-electron chi connectivity index (χ1n) is 8.74. The Morgan fingerprint density at radius 3 is 2.72 bits per heavy atom. The Balaban J connectivity index is 1.66. The first-order valence-corrected chi connectivity index (χ1v) is 9.49. The van der Waals surface area contributed by atoms with E-state index in [-0.39, 0.29) is 12.3 Å². The van der Waals surface area contributed by atoms with Gasteiger partial charge in [0, 0.05) is 16.7 Å². The van der Waals surface area contributed by atoms with Gasteiger partial charge in [0.2, 0.25) is 11.8 Å². The maximum Gasteiger partial charge on any atom is 0.249 e. The number of carbonyl (C=O) groups is 2. The van der Waals surface area contributed by atoms with E-state index in [9.17, 15) is 9.59 Å². The van der Waals surface area contributed by atoms with Crippen molar-refractivity contribution in [3.8, 4) is 16.9 Å². The number of anilines is 2. The molecule has 0 bridgehead atoms. The third kappa shape index (κ3) is 3.79. The molecule has 1 atom stereocenters. The number of hydrogen-bond donors (Lipinski definition) is 2. The molecule has 0 aliphatic carbocycles. The molecule has 1 unspecified atom stereocenters. The van der Waals surface area contributed by atoms with Crippen LogP contribution in [0, 0.1) is 0 Å². The minimum atomic E-state index is -0.818. The number of benzene rings is 2. The lowest BCUT2D eigenvalue weighted by molar-refractivity contribution is -0.125. The number of halogens is 2. The van der Waals surface area contributed by atoms with Crippen molar-refractivity contribution >= 4 is 46.5 Å². The van der Waals surface area contributed by atoms with Gasteiger partial charge in [0.1, 0.15) is 17.6 Å². The smallest absolute Gasteiger partial charge is 0.249 e. The molecular weight excluding hydrogens is 415 g/mol. The van der Waals surface area contributed by atoms with Gasteiger partial charge in [-0.25, -0.2) is 4.68 Å². The molecule has 0 radical (unpaired) electrons. The molecule has 4 rings (SSSR count). The standard InChI is InChI=1S/C20H16Cl2N4O3/c1-29-13-6-7-15(22)16(8-13)24-20(28)17-9-18(27)25-19-14(10-23-26(17)19)11-2-4-12(21)5-3-11/h2-8,10,17H,9H2,1H3,(H,24,28)(H,25,27). The molecule has 3 aromatic rings. The molecular formula is C20H16Cl2N4O3. The first-order chi connectivity index (χ1) is 14.0. The largest absolute Gasteiger partial charge is 0.497 e. The molecule has 148 valence electrons. The van der Waals surface area contributed by atoms with E-state index in [4.69, 9.17) is 27.9 Å². The average molecular weight is 431 g/mol. The molecule has 0 fully saturated rings. The van der Waals surface area contributed by atoms with Gasteiger partial charge in [-0.3, -0.25) is 9.59 Å². The zero-order chi connectivity index (χ0) is 20.5. The molecule has 0 saturated carbocycles. The van der Waals surface area contributed by atoms with Gasteiger partial charge < -0.3 is 15.4 Å². The number of rotatable bonds is 4. The summed E-state index contributed by atoms with van der Waals surface area (Å²) in [6, 6.07) is 11.3. The molecule has 7 nitrogen and oxygen atoms in total. The van der Waals surface area contributed by atoms with E-state index in [1.807, 2.05) is 12.1 Å². The summed E-state index contributed by atoms with van der Waals surface area (Å²) < 4.78 is 6.68. The fraction of sp³-hybridized carbons (Fsp3) is 0.150. The number of carbonyl (C=O) groups excluding carboxylic acids is 2. The molecule has 0 spiro atoms. The van der Waals surface area contributed by atoms with Gasteiger partial charge in [0.25, 0.3) is 0 Å². The Kier molecular flexibility index (Phi) is 5.17. The highest BCUT2D eigenvalue weighted by Gasteiger charge is 2.33. The van der Waals surface area contributed by atoms with Crippen LogP contribution in [0.2, 0.25) is 10.0 Å². The van der Waals surface area contributed by atoms with Gasteiger partial charge in [0.05, 0.1) is 30.4 Å². The van der Waals surface area contributed by atoms with E-state index in [0.29, 0.717) is 32.9 Å². The second kappa shape index (κ2) is 7.77. The van der Waals surface area contributed by atoms with Gasteiger partial charge >= 0.3 is 0 Å². The number of aromatic nitrogens is 2. The number of ether oxygens (including phenoxy) is 1. The van der Waals surface area contributed by atoms with Gasteiger partial charge in [-0.05, 0) is 29.8 Å². The van der Waals surface area contributed by atoms with Crippen molar-refractivity contribution in [2.24, 2.45) is 0 Å². The van der Waals surface area contributed by atoms with E-state index < -0.39 is 11.9 Å². The fourth-order valence-corrected chi connectivity index (χ4v) is 3.45. The summed E-state index contributed by atoms with van der Waals surface area (Å²) in [6.07, 6.45) is 1.57. The van der Waals surface area contributed by atoms with Crippen molar-refractivity contribution in [2.45, 2.75) is 12.5 Å². The van der Waals surface area contributed by atoms with Crippen molar-refractivity contribution < 1.29 is 14.3 Å². The summed E-state index contributed by atoms with van der Waals surface area (Å²) in [5.74, 6) is 0.337. The van der Waals surface area contributed by atoms with E-state index in [0.717, 1.165) is 5.56 Å². The molecule has 9 heteroatoms. The lowest BCUT2D eigenvalue weighted by Gasteiger charge is -2.25. The van der Waals surface area contributed by atoms with E-state index in [1.54, 1.807) is 36.5 Å². The summed E-state index contributed by atoms with van der Waals surface area (Å²) in [5.41, 5.74) is 1.92. The van der Waals surface area contributed by atoms with Crippen LogP contribution in [-0.2, 0) is 9.59 Å². The third-order valence-electron chi connectivity index (χ3n) is 4.62. The van der Waals surface area contributed by atoms with Crippen LogP contribution in [0.3, 0.4) is 0 Å². The number of hydrogen-bond acceptors (Lipinski definition) is 4. The van der Waals surface area contributed by atoms with Crippen molar-refractivity contribution in [3.05, 3.63) is 58.7 Å². The topological polar surface area (TPSA) is 85.2 Å². The maximum absolute atomic E-state index is 12.9. The molecule has 29 heavy (non-hydrogen) atoms. The van der Waals surface area contributed by atoms with Crippen LogP contribution in [-0.4, -0.2) is 28.7 Å². The Labute approximate surface area is 176 Å². The summed E-state index contributed by atoms with van der Waals surface area (Å²) in [6.45, 7) is 0. The normalized spacial score (nSPS) is 15.4.